The molecule has 20 heavy (non-hydrogen) atoms. The highest BCUT2D eigenvalue weighted by Crippen LogP contribution is 2.25. The molecule has 2 rings (SSSR count). The molecule has 0 aliphatic rings. The van der Waals surface area contributed by atoms with E-state index in [1.807, 2.05) is 0 Å². The molecular formula is C19H24Si. The van der Waals surface area contributed by atoms with E-state index in [2.05, 4.69) is 88.1 Å². The molecular weight excluding hydrogens is 256 g/mol. The largest absolute Gasteiger partial charge is 0.0775 e. The second kappa shape index (κ2) is 5.80. The van der Waals surface area contributed by atoms with E-state index in [1.165, 1.54) is 27.5 Å². The lowest BCUT2D eigenvalue weighted by molar-refractivity contribution is 1.51. The summed E-state index contributed by atoms with van der Waals surface area (Å²) >= 11 is 0. The van der Waals surface area contributed by atoms with Crippen molar-refractivity contribution in [3.05, 3.63) is 65.7 Å². The standard InChI is InChI=1S/C19H24Si/c1-15(17-9-7-6-8-10-17)16(2)18-11-13-19(14-12-18)20(3,4)5/h6-14H,1-5H3/b16-15+. The summed E-state index contributed by atoms with van der Waals surface area (Å²) in [6, 6.07) is 19.8. The minimum Gasteiger partial charge on any atom is -0.0656 e. The average Bonchev–Trinajstić information content (AvgIpc) is 2.46. The predicted octanol–water partition coefficient (Wildman–Crippen LogP) is 5.18. The monoisotopic (exact) mass is 280 g/mol. The maximum atomic E-state index is 2.39. The van der Waals surface area contributed by atoms with E-state index in [1.54, 1.807) is 0 Å². The molecule has 0 amide bonds. The smallest absolute Gasteiger partial charge is 0.0656 e. The molecule has 1 heteroatoms. The zero-order valence-electron chi connectivity index (χ0n) is 13.2. The Hall–Kier alpha value is -1.60. The number of hydrogen-bond acceptors (Lipinski definition) is 0. The van der Waals surface area contributed by atoms with Crippen LogP contribution in [0.25, 0.3) is 11.1 Å². The van der Waals surface area contributed by atoms with E-state index in [0.717, 1.165) is 0 Å². The highest BCUT2D eigenvalue weighted by atomic mass is 28.3. The summed E-state index contributed by atoms with van der Waals surface area (Å²) < 4.78 is 0. The summed E-state index contributed by atoms with van der Waals surface area (Å²) in [6.45, 7) is 11.6. The Balaban J connectivity index is 2.36. The van der Waals surface area contributed by atoms with Crippen LogP contribution in [0.3, 0.4) is 0 Å². The molecule has 0 saturated heterocycles. The number of allylic oxidation sites excluding steroid dienone is 2. The fourth-order valence-electron chi connectivity index (χ4n) is 2.34. The van der Waals surface area contributed by atoms with E-state index in [0.29, 0.717) is 0 Å². The van der Waals surface area contributed by atoms with Gasteiger partial charge in [0.2, 0.25) is 0 Å². The minimum atomic E-state index is -1.20. The second-order valence-corrected chi connectivity index (χ2v) is 11.5. The van der Waals surface area contributed by atoms with E-state index >= 15 is 0 Å². The van der Waals surface area contributed by atoms with Crippen molar-refractivity contribution in [3.8, 4) is 0 Å². The highest BCUT2D eigenvalue weighted by Gasteiger charge is 2.15. The average molecular weight is 280 g/mol. The minimum absolute atomic E-state index is 1.20. The Kier molecular flexibility index (Phi) is 4.29. The van der Waals surface area contributed by atoms with Crippen LogP contribution in [0.4, 0.5) is 0 Å². The lowest BCUT2D eigenvalue weighted by Gasteiger charge is -2.17. The zero-order valence-corrected chi connectivity index (χ0v) is 14.2. The third kappa shape index (κ3) is 3.29. The normalized spacial score (nSPS) is 13.1. The Morgan fingerprint density at radius 3 is 1.55 bits per heavy atom. The van der Waals surface area contributed by atoms with Crippen LogP contribution in [0.2, 0.25) is 19.6 Å². The molecule has 2 aromatic rings. The molecule has 0 nitrogen and oxygen atoms in total. The Labute approximate surface area is 124 Å². The summed E-state index contributed by atoms with van der Waals surface area (Å²) in [5, 5.41) is 1.52. The van der Waals surface area contributed by atoms with Crippen molar-refractivity contribution in [1.82, 2.24) is 0 Å². The first kappa shape index (κ1) is 14.8. The maximum Gasteiger partial charge on any atom is 0.0775 e. The van der Waals surface area contributed by atoms with Crippen molar-refractivity contribution in [2.45, 2.75) is 33.5 Å². The summed E-state index contributed by atoms with van der Waals surface area (Å²) in [5.41, 5.74) is 5.34. The zero-order chi connectivity index (χ0) is 14.8. The van der Waals surface area contributed by atoms with Crippen molar-refractivity contribution >= 4 is 24.4 Å². The maximum absolute atomic E-state index is 2.39. The van der Waals surface area contributed by atoms with Gasteiger partial charge in [0.15, 0.2) is 0 Å². The van der Waals surface area contributed by atoms with Crippen LogP contribution in [-0.4, -0.2) is 8.07 Å². The number of rotatable bonds is 3. The SMILES string of the molecule is C/C(=C(/C)c1ccc([Si](C)(C)C)cc1)c1ccccc1. The van der Waals surface area contributed by atoms with Gasteiger partial charge in [-0.25, -0.2) is 0 Å². The van der Waals surface area contributed by atoms with Gasteiger partial charge in [0.25, 0.3) is 0 Å². The van der Waals surface area contributed by atoms with Crippen LogP contribution in [0.15, 0.2) is 54.6 Å². The molecule has 2 aromatic carbocycles. The van der Waals surface area contributed by atoms with Gasteiger partial charge in [-0.3, -0.25) is 0 Å². The molecule has 0 aromatic heterocycles. The van der Waals surface area contributed by atoms with Crippen LogP contribution >= 0.6 is 0 Å². The topological polar surface area (TPSA) is 0 Å². The first-order valence-electron chi connectivity index (χ1n) is 7.23. The van der Waals surface area contributed by atoms with Crippen LogP contribution in [-0.2, 0) is 0 Å². The lowest BCUT2D eigenvalue weighted by Crippen LogP contribution is -2.37. The third-order valence-corrected chi connectivity index (χ3v) is 6.02. The van der Waals surface area contributed by atoms with Crippen molar-refractivity contribution in [2.24, 2.45) is 0 Å². The van der Waals surface area contributed by atoms with Crippen LogP contribution < -0.4 is 5.19 Å². The van der Waals surface area contributed by atoms with E-state index < -0.39 is 8.07 Å². The van der Waals surface area contributed by atoms with Crippen molar-refractivity contribution in [1.29, 1.82) is 0 Å². The van der Waals surface area contributed by atoms with Gasteiger partial charge >= 0.3 is 0 Å². The molecule has 104 valence electrons. The molecule has 0 bridgehead atoms. The molecule has 0 N–H and O–H groups in total. The summed E-state index contributed by atoms with van der Waals surface area (Å²) in [7, 11) is -1.20. The molecule has 0 radical (unpaired) electrons. The first-order valence-corrected chi connectivity index (χ1v) is 10.7. The summed E-state index contributed by atoms with van der Waals surface area (Å²) in [4.78, 5) is 0. The van der Waals surface area contributed by atoms with Crippen molar-refractivity contribution in [2.75, 3.05) is 0 Å². The molecule has 0 heterocycles. The van der Waals surface area contributed by atoms with Gasteiger partial charge in [0, 0.05) is 0 Å². The quantitative estimate of drug-likeness (QED) is 0.536. The lowest BCUT2D eigenvalue weighted by atomic mass is 9.97. The summed E-state index contributed by atoms with van der Waals surface area (Å²) in [6.07, 6.45) is 0. The number of benzene rings is 2. The van der Waals surface area contributed by atoms with E-state index in [9.17, 15) is 0 Å². The molecule has 0 fully saturated rings. The first-order chi connectivity index (χ1) is 9.39. The predicted molar refractivity (Wildman–Crippen MR) is 94.0 cm³/mol. The molecule has 0 unspecified atom stereocenters. The van der Waals surface area contributed by atoms with Crippen LogP contribution in [0.1, 0.15) is 25.0 Å². The Bertz CT molecular complexity index is 598. The van der Waals surface area contributed by atoms with E-state index in [4.69, 9.17) is 0 Å². The van der Waals surface area contributed by atoms with Crippen molar-refractivity contribution < 1.29 is 0 Å². The molecule has 0 aliphatic heterocycles. The van der Waals surface area contributed by atoms with Gasteiger partial charge in [0.05, 0.1) is 8.07 Å². The van der Waals surface area contributed by atoms with Crippen molar-refractivity contribution in [3.63, 3.8) is 0 Å². The molecule has 0 spiro atoms. The van der Waals surface area contributed by atoms with Gasteiger partial charge in [-0.05, 0) is 36.1 Å². The van der Waals surface area contributed by atoms with Crippen LogP contribution in [0.5, 0.6) is 0 Å². The van der Waals surface area contributed by atoms with E-state index in [-0.39, 0.29) is 0 Å². The van der Waals surface area contributed by atoms with Gasteiger partial charge < -0.3 is 0 Å². The fraction of sp³-hybridized carbons (Fsp3) is 0.263. The Morgan fingerprint density at radius 2 is 1.10 bits per heavy atom. The van der Waals surface area contributed by atoms with Gasteiger partial charge in [0.1, 0.15) is 0 Å². The summed E-state index contributed by atoms with van der Waals surface area (Å²) in [5.74, 6) is 0. The third-order valence-electron chi connectivity index (χ3n) is 3.95. The molecule has 0 saturated carbocycles. The Morgan fingerprint density at radius 1 is 0.650 bits per heavy atom. The highest BCUT2D eigenvalue weighted by molar-refractivity contribution is 6.88. The van der Waals surface area contributed by atoms with Crippen LogP contribution in [0, 0.1) is 0 Å². The second-order valence-electron chi connectivity index (χ2n) is 6.44. The molecule has 0 aliphatic carbocycles. The molecule has 0 atom stereocenters. The van der Waals surface area contributed by atoms with Gasteiger partial charge in [-0.2, -0.15) is 0 Å². The number of hydrogen-bond donors (Lipinski definition) is 0. The fourth-order valence-corrected chi connectivity index (χ4v) is 3.51. The van der Waals surface area contributed by atoms with Gasteiger partial charge in [-0.1, -0.05) is 79.4 Å². The van der Waals surface area contributed by atoms with Gasteiger partial charge in [-0.15, -0.1) is 0 Å².